The molecule has 0 spiro atoms. The summed E-state index contributed by atoms with van der Waals surface area (Å²) in [5.74, 6) is 2.79. The van der Waals surface area contributed by atoms with Crippen LogP contribution in [0.15, 0.2) is 12.7 Å². The highest BCUT2D eigenvalue weighted by molar-refractivity contribution is 5.81. The van der Waals surface area contributed by atoms with Gasteiger partial charge in [-0.15, -0.1) is 12.3 Å². The molecule has 2 aromatic rings. The molecule has 0 unspecified atom stereocenters. The van der Waals surface area contributed by atoms with Gasteiger partial charge in [0, 0.05) is 13.0 Å². The van der Waals surface area contributed by atoms with Crippen molar-refractivity contribution < 1.29 is 19.7 Å². The summed E-state index contributed by atoms with van der Waals surface area (Å²) < 4.78 is 13.1. The van der Waals surface area contributed by atoms with Crippen LogP contribution < -0.4 is 5.73 Å². The molecule has 0 aromatic carbocycles. The van der Waals surface area contributed by atoms with Crippen molar-refractivity contribution in [2.45, 2.75) is 37.4 Å². The van der Waals surface area contributed by atoms with Crippen LogP contribution in [0.4, 0.5) is 5.82 Å². The van der Waals surface area contributed by atoms with Gasteiger partial charge in [-0.25, -0.2) is 15.0 Å². The fraction of sp³-hybridized carbons (Fsp3) is 0.533. The molecule has 24 heavy (non-hydrogen) atoms. The molecular formula is C15H19N5O4. The molecule has 1 fully saturated rings. The van der Waals surface area contributed by atoms with Gasteiger partial charge in [-0.2, -0.15) is 0 Å². The molecule has 128 valence electrons. The standard InChI is InChI=1S/C15H19N5O4/c1-2-3-4-5-23-12-11(22)9(6-21)24-15(12)20-8-19-10-13(16)17-7-18-14(10)20/h1,7-9,11-12,15,21-22H,3-6H2,(H2,16,17,18)/t9-,11-,12-,15-/m1/s1. The number of nitrogens with zero attached hydrogens (tertiary/aromatic N) is 4. The summed E-state index contributed by atoms with van der Waals surface area (Å²) in [6.07, 6.45) is 6.17. The molecule has 0 saturated carbocycles. The van der Waals surface area contributed by atoms with Gasteiger partial charge in [-0.05, 0) is 6.42 Å². The number of unbranched alkanes of at least 4 members (excludes halogenated alkanes) is 1. The first kappa shape index (κ1) is 16.6. The van der Waals surface area contributed by atoms with Crippen molar-refractivity contribution in [1.82, 2.24) is 19.5 Å². The molecule has 4 atom stereocenters. The van der Waals surface area contributed by atoms with E-state index in [4.69, 9.17) is 21.6 Å². The van der Waals surface area contributed by atoms with Gasteiger partial charge in [0.15, 0.2) is 17.7 Å². The number of nitrogen functional groups attached to an aromatic ring is 1. The molecule has 1 saturated heterocycles. The number of nitrogens with two attached hydrogens (primary N) is 1. The second-order valence-corrected chi connectivity index (χ2v) is 5.46. The molecule has 1 aliphatic rings. The molecule has 3 rings (SSSR count). The van der Waals surface area contributed by atoms with Crippen molar-refractivity contribution in [1.29, 1.82) is 0 Å². The maximum atomic E-state index is 10.4. The highest BCUT2D eigenvalue weighted by atomic mass is 16.6. The summed E-state index contributed by atoms with van der Waals surface area (Å²) in [7, 11) is 0. The zero-order valence-electron chi connectivity index (χ0n) is 12.9. The Kier molecular flexibility index (Phi) is 4.92. The van der Waals surface area contributed by atoms with Gasteiger partial charge in [-0.3, -0.25) is 4.57 Å². The Bertz CT molecular complexity index is 743. The molecule has 1 aliphatic heterocycles. The Balaban J connectivity index is 1.87. The van der Waals surface area contributed by atoms with Crippen LogP contribution in [-0.4, -0.2) is 61.3 Å². The number of ether oxygens (including phenoxy) is 2. The van der Waals surface area contributed by atoms with E-state index >= 15 is 0 Å². The van der Waals surface area contributed by atoms with Gasteiger partial charge in [0.2, 0.25) is 0 Å². The van der Waals surface area contributed by atoms with Crippen LogP contribution in [0, 0.1) is 12.3 Å². The minimum atomic E-state index is -0.984. The smallest absolute Gasteiger partial charge is 0.167 e. The van der Waals surface area contributed by atoms with Crippen LogP contribution in [0.2, 0.25) is 0 Å². The van der Waals surface area contributed by atoms with Gasteiger partial charge in [0.1, 0.15) is 30.2 Å². The number of terminal acetylenes is 1. The topological polar surface area (TPSA) is 129 Å². The first-order valence-corrected chi connectivity index (χ1v) is 7.59. The van der Waals surface area contributed by atoms with E-state index in [0.717, 1.165) is 0 Å². The minimum Gasteiger partial charge on any atom is -0.394 e. The van der Waals surface area contributed by atoms with Gasteiger partial charge in [-0.1, -0.05) is 0 Å². The predicted octanol–water partition coefficient (Wildman–Crippen LogP) is -0.542. The quantitative estimate of drug-likeness (QED) is 0.475. The first-order chi connectivity index (χ1) is 11.7. The summed E-state index contributed by atoms with van der Waals surface area (Å²) >= 11 is 0. The number of rotatable bonds is 6. The maximum Gasteiger partial charge on any atom is 0.167 e. The molecule has 2 aromatic heterocycles. The van der Waals surface area contributed by atoms with Crippen LogP contribution in [0.3, 0.4) is 0 Å². The van der Waals surface area contributed by atoms with Crippen LogP contribution in [0.1, 0.15) is 19.1 Å². The zero-order chi connectivity index (χ0) is 17.1. The van der Waals surface area contributed by atoms with E-state index < -0.39 is 24.5 Å². The minimum absolute atomic E-state index is 0.252. The average Bonchev–Trinajstić information content (AvgIpc) is 3.14. The van der Waals surface area contributed by atoms with Crippen molar-refractivity contribution in [3.05, 3.63) is 12.7 Å². The average molecular weight is 333 g/mol. The fourth-order valence-corrected chi connectivity index (χ4v) is 2.72. The lowest BCUT2D eigenvalue weighted by Gasteiger charge is -2.22. The van der Waals surface area contributed by atoms with E-state index in [-0.39, 0.29) is 12.4 Å². The van der Waals surface area contributed by atoms with E-state index in [9.17, 15) is 10.2 Å². The summed E-state index contributed by atoms with van der Waals surface area (Å²) in [5.41, 5.74) is 6.70. The van der Waals surface area contributed by atoms with Gasteiger partial charge >= 0.3 is 0 Å². The summed E-state index contributed by atoms with van der Waals surface area (Å²) in [5, 5.41) is 19.8. The molecule has 0 bridgehead atoms. The largest absolute Gasteiger partial charge is 0.394 e. The van der Waals surface area contributed by atoms with Crippen LogP contribution >= 0.6 is 0 Å². The molecule has 0 amide bonds. The van der Waals surface area contributed by atoms with Crippen molar-refractivity contribution in [3.8, 4) is 12.3 Å². The summed E-state index contributed by atoms with van der Waals surface area (Å²) in [4.78, 5) is 12.3. The van der Waals surface area contributed by atoms with Crippen molar-refractivity contribution in [2.75, 3.05) is 18.9 Å². The van der Waals surface area contributed by atoms with Crippen LogP contribution in [0.25, 0.3) is 11.2 Å². The number of anilines is 1. The van der Waals surface area contributed by atoms with E-state index in [1.165, 1.54) is 12.7 Å². The Hall–Kier alpha value is -2.25. The molecule has 3 heterocycles. The SMILES string of the molecule is C#CCCCO[C@@H]1[C@H](O)[C@@H](CO)O[C@H]1n1cnc2c(N)ncnc21. The third-order valence-electron chi connectivity index (χ3n) is 3.93. The molecule has 0 radical (unpaired) electrons. The second kappa shape index (κ2) is 7.11. The monoisotopic (exact) mass is 333 g/mol. The van der Waals surface area contributed by atoms with Crippen molar-refractivity contribution in [3.63, 3.8) is 0 Å². The van der Waals surface area contributed by atoms with E-state index in [2.05, 4.69) is 20.9 Å². The molecule has 0 aliphatic carbocycles. The lowest BCUT2D eigenvalue weighted by atomic mass is 10.1. The predicted molar refractivity (Wildman–Crippen MR) is 84.5 cm³/mol. The number of imidazole rings is 1. The number of hydrogen-bond acceptors (Lipinski definition) is 8. The third-order valence-corrected chi connectivity index (χ3v) is 3.93. The Morgan fingerprint density at radius 1 is 1.42 bits per heavy atom. The third kappa shape index (κ3) is 2.92. The molecular weight excluding hydrogens is 314 g/mol. The Morgan fingerprint density at radius 2 is 2.25 bits per heavy atom. The van der Waals surface area contributed by atoms with Crippen molar-refractivity contribution in [2.24, 2.45) is 0 Å². The van der Waals surface area contributed by atoms with Crippen molar-refractivity contribution >= 4 is 17.0 Å². The number of aliphatic hydroxyl groups is 2. The van der Waals surface area contributed by atoms with E-state index in [0.29, 0.717) is 30.6 Å². The van der Waals surface area contributed by atoms with Crippen LogP contribution in [0.5, 0.6) is 0 Å². The lowest BCUT2D eigenvalue weighted by Crippen LogP contribution is -2.35. The number of fused-ring (bicyclic) bond motifs is 1. The highest BCUT2D eigenvalue weighted by Gasteiger charge is 2.45. The van der Waals surface area contributed by atoms with Gasteiger partial charge < -0.3 is 25.4 Å². The number of aromatic nitrogens is 4. The summed E-state index contributed by atoms with van der Waals surface area (Å²) in [6, 6.07) is 0. The normalized spacial score (nSPS) is 26.7. The Morgan fingerprint density at radius 3 is 3.00 bits per heavy atom. The van der Waals surface area contributed by atoms with E-state index in [1.54, 1.807) is 4.57 Å². The second-order valence-electron chi connectivity index (χ2n) is 5.46. The summed E-state index contributed by atoms with van der Waals surface area (Å²) in [6.45, 7) is 0.0410. The van der Waals surface area contributed by atoms with Crippen LogP contribution in [-0.2, 0) is 9.47 Å². The number of aliphatic hydroxyl groups excluding tert-OH is 2. The zero-order valence-corrected chi connectivity index (χ0v) is 12.9. The maximum absolute atomic E-state index is 10.4. The molecule has 9 nitrogen and oxygen atoms in total. The Labute approximate surface area is 138 Å². The number of hydrogen-bond donors (Lipinski definition) is 3. The van der Waals surface area contributed by atoms with Gasteiger partial charge in [0.25, 0.3) is 0 Å². The lowest BCUT2D eigenvalue weighted by molar-refractivity contribution is -0.0707. The van der Waals surface area contributed by atoms with E-state index in [1.807, 2.05) is 0 Å². The molecule has 4 N–H and O–H groups in total. The van der Waals surface area contributed by atoms with Gasteiger partial charge in [0.05, 0.1) is 12.9 Å². The first-order valence-electron chi connectivity index (χ1n) is 7.59. The molecule has 9 heteroatoms. The fourth-order valence-electron chi connectivity index (χ4n) is 2.72. The highest BCUT2D eigenvalue weighted by Crippen LogP contribution is 2.33.